The molecule has 0 rings (SSSR count). The highest BCUT2D eigenvalue weighted by Crippen LogP contribution is 2.41. The van der Waals surface area contributed by atoms with Gasteiger partial charge in [0, 0.05) is 13.2 Å². The number of rotatable bonds is 4. The van der Waals surface area contributed by atoms with Crippen LogP contribution in [-0.2, 0) is 9.05 Å². The van der Waals surface area contributed by atoms with E-state index in [2.05, 4.69) is 4.31 Å². The molecule has 0 bridgehead atoms. The third-order valence-corrected chi connectivity index (χ3v) is 1.72. The molecule has 0 saturated heterocycles. The van der Waals surface area contributed by atoms with Gasteiger partial charge in [-0.25, -0.2) is 4.31 Å². The minimum atomic E-state index is -2.61. The van der Waals surface area contributed by atoms with Gasteiger partial charge >= 0.3 is 17.2 Å². The lowest BCUT2D eigenvalue weighted by atomic mass is 10.8. The van der Waals surface area contributed by atoms with Gasteiger partial charge < -0.3 is 24.3 Å². The van der Waals surface area contributed by atoms with Crippen LogP contribution in [0.1, 0.15) is 13.8 Å². The molecule has 76 valence electrons. The van der Waals surface area contributed by atoms with Gasteiger partial charge in [0.1, 0.15) is 0 Å². The monoisotopic (exact) mass is 220 g/mol. The van der Waals surface area contributed by atoms with Crippen LogP contribution in [0.2, 0.25) is 0 Å². The Morgan fingerprint density at radius 2 is 1.25 bits per heavy atom. The molecular formula is C4H14O6P2. The molecule has 0 aliphatic rings. The lowest BCUT2D eigenvalue weighted by Crippen LogP contribution is -1.84. The lowest BCUT2D eigenvalue weighted by Gasteiger charge is -2.00. The van der Waals surface area contributed by atoms with Gasteiger partial charge in [-0.15, -0.1) is 0 Å². The standard InChI is InChI=1S/C4H10O.H4O5P2/c1-3-5-4-2;1-6(2)5-7(3)4/h3-4H2,1-2H3;1-4H. The van der Waals surface area contributed by atoms with E-state index < -0.39 is 17.2 Å². The fraction of sp³-hybridized carbons (Fsp3) is 1.00. The maximum atomic E-state index is 7.82. The summed E-state index contributed by atoms with van der Waals surface area (Å²) in [6, 6.07) is 0. The molecule has 0 aromatic rings. The molecule has 8 heteroatoms. The molecule has 12 heavy (non-hydrogen) atoms. The van der Waals surface area contributed by atoms with Gasteiger partial charge in [0.05, 0.1) is 0 Å². The molecule has 0 aliphatic carbocycles. The number of hydrogen-bond acceptors (Lipinski definition) is 6. The van der Waals surface area contributed by atoms with Crippen molar-refractivity contribution in [2.75, 3.05) is 13.2 Å². The van der Waals surface area contributed by atoms with E-state index in [1.165, 1.54) is 0 Å². The van der Waals surface area contributed by atoms with Crippen molar-refractivity contribution in [1.82, 2.24) is 0 Å². The number of hydrogen-bond donors (Lipinski definition) is 4. The van der Waals surface area contributed by atoms with Crippen LogP contribution in [0.5, 0.6) is 0 Å². The van der Waals surface area contributed by atoms with Crippen molar-refractivity contribution in [3.63, 3.8) is 0 Å². The van der Waals surface area contributed by atoms with Crippen LogP contribution >= 0.6 is 17.2 Å². The molecule has 4 N–H and O–H groups in total. The maximum Gasteiger partial charge on any atom is 0.334 e. The van der Waals surface area contributed by atoms with Gasteiger partial charge in [-0.2, -0.15) is 0 Å². The largest absolute Gasteiger partial charge is 0.382 e. The summed E-state index contributed by atoms with van der Waals surface area (Å²) < 4.78 is 8.44. The van der Waals surface area contributed by atoms with Gasteiger partial charge in [-0.1, -0.05) is 0 Å². The van der Waals surface area contributed by atoms with Crippen LogP contribution < -0.4 is 0 Å². The van der Waals surface area contributed by atoms with Crippen molar-refractivity contribution in [1.29, 1.82) is 0 Å². The molecule has 6 nitrogen and oxygen atoms in total. The third-order valence-electron chi connectivity index (χ3n) is 0.554. The van der Waals surface area contributed by atoms with Crippen molar-refractivity contribution < 1.29 is 28.6 Å². The molecule has 0 saturated carbocycles. The molecule has 0 amide bonds. The zero-order valence-corrected chi connectivity index (χ0v) is 8.70. The van der Waals surface area contributed by atoms with Crippen molar-refractivity contribution in [3.8, 4) is 0 Å². The first-order valence-electron chi connectivity index (χ1n) is 3.16. The fourth-order valence-corrected chi connectivity index (χ4v) is 0.792. The summed E-state index contributed by atoms with van der Waals surface area (Å²) in [7, 11) is -5.22. The summed E-state index contributed by atoms with van der Waals surface area (Å²) in [5.74, 6) is 0. The molecule has 0 heterocycles. The van der Waals surface area contributed by atoms with Crippen LogP contribution in [0.3, 0.4) is 0 Å². The van der Waals surface area contributed by atoms with E-state index in [1.54, 1.807) is 0 Å². The smallest absolute Gasteiger partial charge is 0.334 e. The zero-order valence-electron chi connectivity index (χ0n) is 6.91. The summed E-state index contributed by atoms with van der Waals surface area (Å²) in [5.41, 5.74) is 0. The normalized spacial score (nSPS) is 10.0. The Morgan fingerprint density at radius 3 is 1.25 bits per heavy atom. The van der Waals surface area contributed by atoms with Crippen molar-refractivity contribution in [3.05, 3.63) is 0 Å². The Bertz CT molecular complexity index is 71.9. The van der Waals surface area contributed by atoms with E-state index in [1.807, 2.05) is 13.8 Å². The highest BCUT2D eigenvalue weighted by atomic mass is 31.2. The minimum absolute atomic E-state index is 0.844. The quantitative estimate of drug-likeness (QED) is 0.514. The first-order valence-corrected chi connectivity index (χ1v) is 5.49. The summed E-state index contributed by atoms with van der Waals surface area (Å²) in [4.78, 5) is 31.3. The second kappa shape index (κ2) is 11.6. The Labute approximate surface area is 73.8 Å². The van der Waals surface area contributed by atoms with Crippen LogP contribution in [0.25, 0.3) is 0 Å². The topological polar surface area (TPSA) is 99.4 Å². The Kier molecular flexibility index (Phi) is 14.6. The van der Waals surface area contributed by atoms with Crippen LogP contribution in [0, 0.1) is 0 Å². The summed E-state index contributed by atoms with van der Waals surface area (Å²) in [6.45, 7) is 5.67. The highest BCUT2D eigenvalue weighted by molar-refractivity contribution is 7.53. The van der Waals surface area contributed by atoms with Gasteiger partial charge in [-0.3, -0.25) is 0 Å². The fourth-order valence-electron chi connectivity index (χ4n) is 0.269. The molecule has 0 spiro atoms. The molecule has 0 aliphatic heterocycles. The molecular weight excluding hydrogens is 206 g/mol. The summed E-state index contributed by atoms with van der Waals surface area (Å²) in [5, 5.41) is 0. The summed E-state index contributed by atoms with van der Waals surface area (Å²) >= 11 is 0. The summed E-state index contributed by atoms with van der Waals surface area (Å²) in [6.07, 6.45) is 0. The Hall–Kier alpha value is 0.620. The predicted octanol–water partition coefficient (Wildman–Crippen LogP) is 0.469. The van der Waals surface area contributed by atoms with Gasteiger partial charge in [-0.05, 0) is 13.8 Å². The molecule has 0 aromatic heterocycles. The van der Waals surface area contributed by atoms with E-state index in [4.69, 9.17) is 24.3 Å². The average Bonchev–Trinajstić information content (AvgIpc) is 1.87. The van der Waals surface area contributed by atoms with Crippen molar-refractivity contribution >= 4 is 17.2 Å². The minimum Gasteiger partial charge on any atom is -0.382 e. The lowest BCUT2D eigenvalue weighted by molar-refractivity contribution is 0.162. The SMILES string of the molecule is CCOCC.OP(O)OP(O)O. The van der Waals surface area contributed by atoms with Crippen molar-refractivity contribution in [2.45, 2.75) is 13.8 Å². The van der Waals surface area contributed by atoms with Crippen LogP contribution in [0.15, 0.2) is 0 Å². The zero-order chi connectivity index (χ0) is 9.98. The first kappa shape index (κ1) is 15.1. The second-order valence-corrected chi connectivity index (χ2v) is 3.03. The van der Waals surface area contributed by atoms with E-state index in [0.29, 0.717) is 0 Å². The van der Waals surface area contributed by atoms with E-state index in [0.717, 1.165) is 13.2 Å². The molecule has 0 unspecified atom stereocenters. The predicted molar refractivity (Wildman–Crippen MR) is 46.0 cm³/mol. The second-order valence-electron chi connectivity index (χ2n) is 1.37. The maximum absolute atomic E-state index is 7.82. The molecule has 0 fully saturated rings. The van der Waals surface area contributed by atoms with Crippen LogP contribution in [-0.4, -0.2) is 32.8 Å². The Morgan fingerprint density at radius 1 is 0.917 bits per heavy atom. The average molecular weight is 220 g/mol. The van der Waals surface area contributed by atoms with Crippen molar-refractivity contribution in [2.24, 2.45) is 0 Å². The van der Waals surface area contributed by atoms with Gasteiger partial charge in [0.25, 0.3) is 0 Å². The molecule has 0 aromatic carbocycles. The first-order chi connectivity index (χ1) is 5.54. The Balaban J connectivity index is 0. The molecule has 0 atom stereocenters. The third kappa shape index (κ3) is 22.4. The van der Waals surface area contributed by atoms with Crippen LogP contribution in [0.4, 0.5) is 0 Å². The highest BCUT2D eigenvalue weighted by Gasteiger charge is 2.05. The van der Waals surface area contributed by atoms with Gasteiger partial charge in [0.2, 0.25) is 0 Å². The van der Waals surface area contributed by atoms with Gasteiger partial charge in [0.15, 0.2) is 0 Å². The van der Waals surface area contributed by atoms with E-state index in [9.17, 15) is 0 Å². The number of ether oxygens (including phenoxy) is 1. The van der Waals surface area contributed by atoms with E-state index >= 15 is 0 Å². The van der Waals surface area contributed by atoms with E-state index in [-0.39, 0.29) is 0 Å². The molecule has 0 radical (unpaired) electrons.